The Labute approximate surface area is 179 Å². The van der Waals surface area contributed by atoms with Gasteiger partial charge in [-0.15, -0.1) is 11.3 Å². The second kappa shape index (κ2) is 10.3. The number of hydrogen-bond acceptors (Lipinski definition) is 7. The number of hydrogen-bond donors (Lipinski definition) is 3. The molecule has 168 valence electrons. The average molecular weight is 459 g/mol. The number of carbonyl (C=O) groups is 3. The summed E-state index contributed by atoms with van der Waals surface area (Å²) in [4.78, 5) is 36.4. The first-order valence-corrected chi connectivity index (χ1v) is 9.66. The number of alkyl halides is 3. The van der Waals surface area contributed by atoms with Crippen molar-refractivity contribution in [3.05, 3.63) is 45.8 Å². The van der Waals surface area contributed by atoms with Gasteiger partial charge < -0.3 is 25.8 Å². The van der Waals surface area contributed by atoms with Crippen molar-refractivity contribution in [1.82, 2.24) is 0 Å². The van der Waals surface area contributed by atoms with Crippen LogP contribution in [0, 0.1) is 6.92 Å². The molecule has 4 N–H and O–H groups in total. The molecule has 0 radical (unpaired) electrons. The zero-order valence-corrected chi connectivity index (χ0v) is 17.4. The Morgan fingerprint density at radius 2 is 1.77 bits per heavy atom. The minimum Gasteiger partial charge on any atom is -0.460 e. The van der Waals surface area contributed by atoms with Crippen LogP contribution in [-0.2, 0) is 20.4 Å². The molecule has 0 saturated heterocycles. The van der Waals surface area contributed by atoms with Gasteiger partial charge in [0.25, 0.3) is 5.91 Å². The second-order valence-electron chi connectivity index (χ2n) is 6.23. The fourth-order valence-electron chi connectivity index (χ4n) is 2.50. The van der Waals surface area contributed by atoms with Crippen molar-refractivity contribution in [2.45, 2.75) is 13.1 Å². The van der Waals surface area contributed by atoms with Gasteiger partial charge in [0.15, 0.2) is 0 Å². The van der Waals surface area contributed by atoms with Crippen molar-refractivity contribution in [3.63, 3.8) is 0 Å². The van der Waals surface area contributed by atoms with E-state index in [9.17, 15) is 27.6 Å². The molecule has 0 aliphatic rings. The minimum atomic E-state index is -4.46. The summed E-state index contributed by atoms with van der Waals surface area (Å²) in [5.41, 5.74) is 5.07. The zero-order valence-electron chi connectivity index (χ0n) is 16.6. The zero-order chi connectivity index (χ0) is 23.2. The number of halogens is 3. The van der Waals surface area contributed by atoms with Gasteiger partial charge >= 0.3 is 12.1 Å². The summed E-state index contributed by atoms with van der Waals surface area (Å²) in [6, 6.07) is 4.15. The number of ether oxygens (including phenoxy) is 2. The normalized spacial score (nSPS) is 11.1. The van der Waals surface area contributed by atoms with Gasteiger partial charge in [0.2, 0.25) is 5.91 Å². The van der Waals surface area contributed by atoms with E-state index in [1.165, 1.54) is 26.2 Å². The summed E-state index contributed by atoms with van der Waals surface area (Å²) in [6.45, 7) is 1.34. The number of esters is 1. The SMILES string of the molecule is COCCOC(=O)c1c(NC(=O)CNc2ccc(C(F)(F)F)cc2)sc(C(N)=O)c1C. The highest BCUT2D eigenvalue weighted by atomic mass is 32.1. The van der Waals surface area contributed by atoms with Crippen LogP contribution in [0.3, 0.4) is 0 Å². The first kappa shape index (κ1) is 24.2. The Balaban J connectivity index is 2.10. The molecule has 1 heterocycles. The largest absolute Gasteiger partial charge is 0.460 e. The number of primary amides is 1. The Kier molecular flexibility index (Phi) is 8.00. The van der Waals surface area contributed by atoms with E-state index in [4.69, 9.17) is 15.2 Å². The molecule has 8 nitrogen and oxygen atoms in total. The highest BCUT2D eigenvalue weighted by molar-refractivity contribution is 7.18. The van der Waals surface area contributed by atoms with Crippen LogP contribution in [0.5, 0.6) is 0 Å². The quantitative estimate of drug-likeness (QED) is 0.392. The summed E-state index contributed by atoms with van der Waals surface area (Å²) in [5.74, 6) is -2.12. The van der Waals surface area contributed by atoms with Crippen molar-refractivity contribution < 1.29 is 37.0 Å². The second-order valence-corrected chi connectivity index (χ2v) is 7.25. The van der Waals surface area contributed by atoms with Gasteiger partial charge in [0.05, 0.1) is 29.2 Å². The maximum absolute atomic E-state index is 12.6. The fourth-order valence-corrected chi connectivity index (χ4v) is 3.57. The third-order valence-corrected chi connectivity index (χ3v) is 5.24. The van der Waals surface area contributed by atoms with Gasteiger partial charge in [0, 0.05) is 12.8 Å². The summed E-state index contributed by atoms with van der Waals surface area (Å²) < 4.78 is 47.7. The van der Waals surface area contributed by atoms with Crippen LogP contribution < -0.4 is 16.4 Å². The molecule has 1 aromatic carbocycles. The molecule has 0 fully saturated rings. The molecule has 0 spiro atoms. The number of benzene rings is 1. The van der Waals surface area contributed by atoms with Crippen LogP contribution in [-0.4, -0.2) is 44.7 Å². The highest BCUT2D eigenvalue weighted by Gasteiger charge is 2.30. The molecule has 0 bridgehead atoms. The maximum atomic E-state index is 12.6. The van der Waals surface area contributed by atoms with Crippen molar-refractivity contribution in [3.8, 4) is 0 Å². The molecule has 2 rings (SSSR count). The van der Waals surface area contributed by atoms with Gasteiger partial charge in [-0.05, 0) is 36.8 Å². The van der Waals surface area contributed by atoms with Crippen molar-refractivity contribution in [2.75, 3.05) is 37.5 Å². The van der Waals surface area contributed by atoms with Crippen molar-refractivity contribution >= 4 is 39.8 Å². The van der Waals surface area contributed by atoms with E-state index in [1.54, 1.807) is 0 Å². The van der Waals surface area contributed by atoms with Crippen LogP contribution >= 0.6 is 11.3 Å². The molecule has 2 aromatic rings. The van der Waals surface area contributed by atoms with E-state index in [0.29, 0.717) is 5.69 Å². The number of methoxy groups -OCH3 is 1. The van der Waals surface area contributed by atoms with Crippen molar-refractivity contribution in [1.29, 1.82) is 0 Å². The van der Waals surface area contributed by atoms with E-state index < -0.39 is 29.5 Å². The lowest BCUT2D eigenvalue weighted by atomic mass is 10.1. The number of amides is 2. The van der Waals surface area contributed by atoms with E-state index in [2.05, 4.69) is 10.6 Å². The molecule has 12 heteroatoms. The number of nitrogens with two attached hydrogens (primary N) is 1. The lowest BCUT2D eigenvalue weighted by Gasteiger charge is -2.10. The third kappa shape index (κ3) is 6.43. The molecule has 0 aliphatic carbocycles. The topological polar surface area (TPSA) is 120 Å². The summed E-state index contributed by atoms with van der Waals surface area (Å²) in [5, 5.41) is 5.26. The van der Waals surface area contributed by atoms with Crippen LogP contribution in [0.2, 0.25) is 0 Å². The van der Waals surface area contributed by atoms with Crippen LogP contribution in [0.15, 0.2) is 24.3 Å². The smallest absolute Gasteiger partial charge is 0.416 e. The fraction of sp³-hybridized carbons (Fsp3) is 0.316. The molecule has 1 aromatic heterocycles. The predicted octanol–water partition coefficient (Wildman–Crippen LogP) is 3.03. The molecule has 31 heavy (non-hydrogen) atoms. The first-order valence-electron chi connectivity index (χ1n) is 8.84. The molecule has 0 atom stereocenters. The molecular weight excluding hydrogens is 439 g/mol. The average Bonchev–Trinajstić information content (AvgIpc) is 3.02. The third-order valence-electron chi connectivity index (χ3n) is 4.01. The predicted molar refractivity (Wildman–Crippen MR) is 108 cm³/mol. The van der Waals surface area contributed by atoms with Gasteiger partial charge in [-0.3, -0.25) is 9.59 Å². The number of carbonyl (C=O) groups excluding carboxylic acids is 3. The van der Waals surface area contributed by atoms with Gasteiger partial charge in [-0.1, -0.05) is 0 Å². The van der Waals surface area contributed by atoms with E-state index in [-0.39, 0.29) is 40.8 Å². The van der Waals surface area contributed by atoms with E-state index in [0.717, 1.165) is 23.5 Å². The molecule has 2 amide bonds. The minimum absolute atomic E-state index is 0.00205. The van der Waals surface area contributed by atoms with Crippen molar-refractivity contribution in [2.24, 2.45) is 5.73 Å². The number of rotatable bonds is 9. The highest BCUT2D eigenvalue weighted by Crippen LogP contribution is 2.33. The standard InChI is InChI=1S/C19H20F3N3O5S/c1-10-14(18(28)30-8-7-29-2)17(31-15(10)16(23)27)25-13(26)9-24-12-5-3-11(4-6-12)19(20,21)22/h3-6,24H,7-9H2,1-2H3,(H2,23,27)(H,25,26). The number of anilines is 2. The molecular formula is C19H20F3N3O5S. The number of nitrogens with one attached hydrogen (secondary N) is 2. The summed E-state index contributed by atoms with van der Waals surface area (Å²) in [7, 11) is 1.43. The van der Waals surface area contributed by atoms with Crippen LogP contribution in [0.4, 0.5) is 23.9 Å². The maximum Gasteiger partial charge on any atom is 0.416 e. The van der Waals surface area contributed by atoms with E-state index >= 15 is 0 Å². The monoisotopic (exact) mass is 459 g/mol. The molecule has 0 unspecified atom stereocenters. The molecule has 0 aliphatic heterocycles. The Morgan fingerprint density at radius 1 is 1.13 bits per heavy atom. The van der Waals surface area contributed by atoms with E-state index in [1.807, 2.05) is 0 Å². The Hall–Kier alpha value is -3.12. The van der Waals surface area contributed by atoms with Gasteiger partial charge in [-0.25, -0.2) is 4.79 Å². The lowest BCUT2D eigenvalue weighted by Crippen LogP contribution is -2.22. The van der Waals surface area contributed by atoms with Gasteiger partial charge in [-0.2, -0.15) is 13.2 Å². The summed E-state index contributed by atoms with van der Waals surface area (Å²) in [6.07, 6.45) is -4.46. The summed E-state index contributed by atoms with van der Waals surface area (Å²) >= 11 is 0.825. The Bertz CT molecular complexity index is 958. The lowest BCUT2D eigenvalue weighted by molar-refractivity contribution is -0.137. The Morgan fingerprint density at radius 3 is 2.32 bits per heavy atom. The first-order chi connectivity index (χ1) is 14.5. The number of thiophene rings is 1. The van der Waals surface area contributed by atoms with Crippen LogP contribution in [0.1, 0.15) is 31.2 Å². The molecule has 0 saturated carbocycles. The van der Waals surface area contributed by atoms with Gasteiger partial charge in [0.1, 0.15) is 11.6 Å². The van der Waals surface area contributed by atoms with Crippen LogP contribution in [0.25, 0.3) is 0 Å².